The second kappa shape index (κ2) is 5.59. The topological polar surface area (TPSA) is 48.1 Å². The molecule has 0 spiro atoms. The van der Waals surface area contributed by atoms with Crippen molar-refractivity contribution in [2.24, 2.45) is 5.73 Å². The highest BCUT2D eigenvalue weighted by molar-refractivity contribution is 6.30. The van der Waals surface area contributed by atoms with E-state index in [1.807, 2.05) is 45.0 Å². The largest absolute Gasteiger partial charge is 0.457 e. The predicted molar refractivity (Wildman–Crippen MR) is 77.9 cm³/mol. The van der Waals surface area contributed by atoms with E-state index in [2.05, 4.69) is 4.98 Å². The summed E-state index contributed by atoms with van der Waals surface area (Å²) in [6.07, 6.45) is 0. The van der Waals surface area contributed by atoms with E-state index >= 15 is 0 Å². The summed E-state index contributed by atoms with van der Waals surface area (Å²) in [6, 6.07) is 7.46. The monoisotopic (exact) mass is 276 g/mol. The lowest BCUT2D eigenvalue weighted by molar-refractivity contribution is 0.470. The van der Waals surface area contributed by atoms with Crippen LogP contribution < -0.4 is 10.5 Å². The van der Waals surface area contributed by atoms with Crippen LogP contribution in [0, 0.1) is 20.8 Å². The van der Waals surface area contributed by atoms with Gasteiger partial charge in [-0.05, 0) is 44.5 Å². The normalized spacial score (nSPS) is 10.6. The van der Waals surface area contributed by atoms with Gasteiger partial charge in [0, 0.05) is 34.6 Å². The van der Waals surface area contributed by atoms with Crippen molar-refractivity contribution < 1.29 is 4.74 Å². The van der Waals surface area contributed by atoms with Gasteiger partial charge in [-0.3, -0.25) is 4.98 Å². The van der Waals surface area contributed by atoms with E-state index in [1.165, 1.54) is 0 Å². The lowest BCUT2D eigenvalue weighted by atomic mass is 10.1. The first kappa shape index (κ1) is 13.8. The van der Waals surface area contributed by atoms with Gasteiger partial charge in [0.1, 0.15) is 11.5 Å². The zero-order chi connectivity index (χ0) is 14.0. The highest BCUT2D eigenvalue weighted by atomic mass is 35.5. The predicted octanol–water partition coefficient (Wildman–Crippen LogP) is 3.91. The van der Waals surface area contributed by atoms with Crippen LogP contribution in [-0.2, 0) is 6.54 Å². The van der Waals surface area contributed by atoms with Gasteiger partial charge in [0.05, 0.1) is 0 Å². The minimum absolute atomic E-state index is 0.404. The average molecular weight is 277 g/mol. The number of nitrogens with two attached hydrogens (primary N) is 1. The van der Waals surface area contributed by atoms with Gasteiger partial charge in [-0.2, -0.15) is 0 Å². The van der Waals surface area contributed by atoms with Crippen LogP contribution in [0.2, 0.25) is 5.02 Å². The molecule has 0 aliphatic heterocycles. The summed E-state index contributed by atoms with van der Waals surface area (Å²) in [5.74, 6) is 1.54. The molecule has 0 fully saturated rings. The Labute approximate surface area is 118 Å². The van der Waals surface area contributed by atoms with E-state index in [9.17, 15) is 0 Å². The summed E-state index contributed by atoms with van der Waals surface area (Å²) in [5.41, 5.74) is 9.52. The molecule has 0 aliphatic carbocycles. The summed E-state index contributed by atoms with van der Waals surface area (Å²) >= 11 is 5.94. The fraction of sp³-hybridized carbons (Fsp3) is 0.267. The van der Waals surface area contributed by atoms with Gasteiger partial charge >= 0.3 is 0 Å². The number of aryl methyl sites for hydroxylation is 3. The molecule has 100 valence electrons. The quantitative estimate of drug-likeness (QED) is 0.924. The second-order valence-corrected chi connectivity index (χ2v) is 4.98. The first-order valence-corrected chi connectivity index (χ1v) is 6.50. The Morgan fingerprint density at radius 1 is 1.16 bits per heavy atom. The molecule has 1 heterocycles. The molecule has 0 unspecified atom stereocenters. The average Bonchev–Trinajstić information content (AvgIpc) is 2.32. The zero-order valence-corrected chi connectivity index (χ0v) is 12.1. The number of nitrogens with zero attached hydrogens (tertiary/aromatic N) is 1. The maximum atomic E-state index is 5.97. The Balaban J connectivity index is 2.42. The van der Waals surface area contributed by atoms with Crippen molar-refractivity contribution in [2.75, 3.05) is 0 Å². The van der Waals surface area contributed by atoms with Crippen molar-refractivity contribution >= 4 is 11.6 Å². The molecular formula is C15H17ClN2O. The third kappa shape index (κ3) is 3.06. The number of aromatic nitrogens is 1. The Bertz CT molecular complexity index is 611. The van der Waals surface area contributed by atoms with Crippen molar-refractivity contribution in [3.05, 3.63) is 51.8 Å². The third-order valence-electron chi connectivity index (χ3n) is 2.98. The van der Waals surface area contributed by atoms with Gasteiger partial charge in [-0.15, -0.1) is 0 Å². The van der Waals surface area contributed by atoms with Gasteiger partial charge in [0.2, 0.25) is 0 Å². The van der Waals surface area contributed by atoms with Crippen molar-refractivity contribution in [2.45, 2.75) is 27.3 Å². The van der Waals surface area contributed by atoms with Crippen LogP contribution in [0.3, 0.4) is 0 Å². The van der Waals surface area contributed by atoms with Crippen molar-refractivity contribution in [1.82, 2.24) is 4.98 Å². The van der Waals surface area contributed by atoms with Crippen LogP contribution in [0.25, 0.3) is 0 Å². The van der Waals surface area contributed by atoms with Crippen molar-refractivity contribution in [3.63, 3.8) is 0 Å². The molecule has 4 heteroatoms. The SMILES string of the molecule is Cc1cc(Oc2ccc(Cl)cc2C)c(CN)c(C)n1. The number of benzene rings is 1. The molecule has 2 rings (SSSR count). The van der Waals surface area contributed by atoms with Crippen LogP contribution in [0.15, 0.2) is 24.3 Å². The lowest BCUT2D eigenvalue weighted by Crippen LogP contribution is -2.05. The lowest BCUT2D eigenvalue weighted by Gasteiger charge is -2.14. The first-order valence-electron chi connectivity index (χ1n) is 6.12. The first-order chi connectivity index (χ1) is 9.01. The fourth-order valence-electron chi connectivity index (χ4n) is 2.00. The summed E-state index contributed by atoms with van der Waals surface area (Å²) in [7, 11) is 0. The highest BCUT2D eigenvalue weighted by Gasteiger charge is 2.10. The Hall–Kier alpha value is -1.58. The molecule has 0 bridgehead atoms. The van der Waals surface area contributed by atoms with E-state index in [0.717, 1.165) is 34.0 Å². The molecule has 1 aromatic heterocycles. The fourth-order valence-corrected chi connectivity index (χ4v) is 2.23. The van der Waals surface area contributed by atoms with Crippen LogP contribution in [0.1, 0.15) is 22.5 Å². The Kier molecular flexibility index (Phi) is 4.08. The molecule has 0 radical (unpaired) electrons. The number of pyridine rings is 1. The van der Waals surface area contributed by atoms with E-state index in [0.29, 0.717) is 11.6 Å². The molecule has 3 nitrogen and oxygen atoms in total. The third-order valence-corrected chi connectivity index (χ3v) is 3.21. The van der Waals surface area contributed by atoms with E-state index in [-0.39, 0.29) is 0 Å². The smallest absolute Gasteiger partial charge is 0.135 e. The molecule has 1 aromatic carbocycles. The molecule has 0 atom stereocenters. The number of hydrogen-bond donors (Lipinski definition) is 1. The van der Waals surface area contributed by atoms with Gasteiger partial charge < -0.3 is 10.5 Å². The molecule has 0 aliphatic rings. The maximum Gasteiger partial charge on any atom is 0.135 e. The van der Waals surface area contributed by atoms with Gasteiger partial charge in [0.15, 0.2) is 0 Å². The van der Waals surface area contributed by atoms with Gasteiger partial charge in [-0.25, -0.2) is 0 Å². The number of halogens is 1. The maximum absolute atomic E-state index is 5.97. The molecule has 19 heavy (non-hydrogen) atoms. The Morgan fingerprint density at radius 3 is 2.53 bits per heavy atom. The highest BCUT2D eigenvalue weighted by Crippen LogP contribution is 2.30. The summed E-state index contributed by atoms with van der Waals surface area (Å²) in [5, 5.41) is 0.700. The van der Waals surface area contributed by atoms with Crippen LogP contribution in [0.5, 0.6) is 11.5 Å². The molecule has 2 N–H and O–H groups in total. The van der Waals surface area contributed by atoms with Crippen LogP contribution >= 0.6 is 11.6 Å². The molecule has 0 saturated heterocycles. The zero-order valence-electron chi connectivity index (χ0n) is 11.3. The van der Waals surface area contributed by atoms with Gasteiger partial charge in [-0.1, -0.05) is 11.6 Å². The van der Waals surface area contributed by atoms with Gasteiger partial charge in [0.25, 0.3) is 0 Å². The summed E-state index contributed by atoms with van der Waals surface area (Å²) < 4.78 is 5.97. The minimum atomic E-state index is 0.404. The van der Waals surface area contributed by atoms with Crippen LogP contribution in [-0.4, -0.2) is 4.98 Å². The Morgan fingerprint density at radius 2 is 1.89 bits per heavy atom. The summed E-state index contributed by atoms with van der Waals surface area (Å²) in [6.45, 7) is 6.25. The number of ether oxygens (including phenoxy) is 1. The standard InChI is InChI=1S/C15H17ClN2O/c1-9-6-12(16)4-5-14(9)19-15-7-10(2)18-11(3)13(15)8-17/h4-7H,8,17H2,1-3H3. The van der Waals surface area contributed by atoms with Crippen molar-refractivity contribution in [3.8, 4) is 11.5 Å². The number of rotatable bonds is 3. The molecule has 2 aromatic rings. The molecule has 0 saturated carbocycles. The van der Waals surface area contributed by atoms with Crippen molar-refractivity contribution in [1.29, 1.82) is 0 Å². The van der Waals surface area contributed by atoms with E-state index < -0.39 is 0 Å². The van der Waals surface area contributed by atoms with Crippen LogP contribution in [0.4, 0.5) is 0 Å². The summed E-state index contributed by atoms with van der Waals surface area (Å²) in [4.78, 5) is 4.40. The molecule has 0 amide bonds. The second-order valence-electron chi connectivity index (χ2n) is 4.54. The minimum Gasteiger partial charge on any atom is -0.457 e. The van der Waals surface area contributed by atoms with E-state index in [1.54, 1.807) is 0 Å². The molecular weight excluding hydrogens is 260 g/mol. The van der Waals surface area contributed by atoms with E-state index in [4.69, 9.17) is 22.1 Å². The number of hydrogen-bond acceptors (Lipinski definition) is 3.